The highest BCUT2D eigenvalue weighted by atomic mass is 32.2. The molecule has 1 atom stereocenters. The monoisotopic (exact) mass is 331 g/mol. The van der Waals surface area contributed by atoms with Gasteiger partial charge in [-0.05, 0) is 19.1 Å². The maximum atomic E-state index is 11.6. The Kier molecular flexibility index (Phi) is 7.17. The Morgan fingerprint density at radius 1 is 1.48 bits per heavy atom. The van der Waals surface area contributed by atoms with E-state index in [1.165, 1.54) is 30.0 Å². The number of carbonyl (C=O) groups excluding carboxylic acids is 2. The summed E-state index contributed by atoms with van der Waals surface area (Å²) < 4.78 is 0. The van der Waals surface area contributed by atoms with Crippen LogP contribution in [0, 0.1) is 6.92 Å². The largest absolute Gasteiger partial charge is 0.480 e. The molecular formula is C12H17N3O4S2. The van der Waals surface area contributed by atoms with Crippen LogP contribution in [0.15, 0.2) is 5.38 Å². The summed E-state index contributed by atoms with van der Waals surface area (Å²) in [6, 6.07) is -0.917. The van der Waals surface area contributed by atoms with Crippen LogP contribution in [0.4, 0.5) is 5.13 Å². The fourth-order valence-corrected chi connectivity index (χ4v) is 2.94. The Morgan fingerprint density at radius 2 is 2.19 bits per heavy atom. The van der Waals surface area contributed by atoms with Gasteiger partial charge in [-0.1, -0.05) is 0 Å². The van der Waals surface area contributed by atoms with E-state index in [0.717, 1.165) is 5.69 Å². The second-order valence-corrected chi connectivity index (χ2v) is 6.24. The minimum Gasteiger partial charge on any atom is -0.480 e. The van der Waals surface area contributed by atoms with Gasteiger partial charge in [0.05, 0.1) is 11.4 Å². The molecule has 0 aliphatic heterocycles. The number of anilines is 1. The van der Waals surface area contributed by atoms with Crippen LogP contribution >= 0.6 is 23.1 Å². The molecule has 0 saturated carbocycles. The van der Waals surface area contributed by atoms with Gasteiger partial charge in [-0.15, -0.1) is 11.3 Å². The standard InChI is InChI=1S/C12H17N3O4S2/c1-7-5-21-12(13-7)15-10(17)6-20-4-3-9(11(18)19)14-8(2)16/h5,9H,3-4,6H2,1-2H3,(H,14,16)(H,18,19)(H,13,15,17). The molecular weight excluding hydrogens is 314 g/mol. The number of carboxylic acids is 1. The Hall–Kier alpha value is -1.61. The fourth-order valence-electron chi connectivity index (χ4n) is 1.44. The van der Waals surface area contributed by atoms with Crippen molar-refractivity contribution >= 4 is 46.0 Å². The molecule has 1 rings (SSSR count). The summed E-state index contributed by atoms with van der Waals surface area (Å²) in [7, 11) is 0. The summed E-state index contributed by atoms with van der Waals surface area (Å²) in [5.41, 5.74) is 0.850. The van der Waals surface area contributed by atoms with Crippen LogP contribution in [0.3, 0.4) is 0 Å². The summed E-state index contributed by atoms with van der Waals surface area (Å²) in [6.07, 6.45) is 0.267. The number of aryl methyl sites for hydroxylation is 1. The lowest BCUT2D eigenvalue weighted by atomic mass is 10.2. The normalized spacial score (nSPS) is 11.7. The number of hydrogen-bond acceptors (Lipinski definition) is 6. The lowest BCUT2D eigenvalue weighted by molar-refractivity contribution is -0.141. The van der Waals surface area contributed by atoms with Gasteiger partial charge in [0, 0.05) is 12.3 Å². The fraction of sp³-hybridized carbons (Fsp3) is 0.500. The van der Waals surface area contributed by atoms with Crippen LogP contribution in [0.1, 0.15) is 19.0 Å². The Labute approximate surface area is 130 Å². The van der Waals surface area contributed by atoms with E-state index in [4.69, 9.17) is 5.11 Å². The maximum Gasteiger partial charge on any atom is 0.326 e. The average molecular weight is 331 g/mol. The molecule has 1 aromatic heterocycles. The van der Waals surface area contributed by atoms with Gasteiger partial charge < -0.3 is 15.7 Å². The molecule has 0 aliphatic carbocycles. The van der Waals surface area contributed by atoms with Crippen molar-refractivity contribution in [2.45, 2.75) is 26.3 Å². The number of rotatable bonds is 8. The summed E-state index contributed by atoms with van der Waals surface area (Å²) in [5.74, 6) is -0.967. The lowest BCUT2D eigenvalue weighted by Crippen LogP contribution is -2.40. The van der Waals surface area contributed by atoms with E-state index in [1.54, 1.807) is 0 Å². The number of amides is 2. The maximum absolute atomic E-state index is 11.6. The predicted octanol–water partition coefficient (Wildman–Crippen LogP) is 1.10. The molecule has 116 valence electrons. The molecule has 0 aromatic carbocycles. The number of aliphatic carboxylic acids is 1. The van der Waals surface area contributed by atoms with Crippen LogP contribution < -0.4 is 10.6 Å². The molecule has 9 heteroatoms. The minimum absolute atomic E-state index is 0.180. The third kappa shape index (κ3) is 7.09. The zero-order valence-electron chi connectivity index (χ0n) is 11.7. The number of nitrogens with one attached hydrogen (secondary N) is 2. The second-order valence-electron chi connectivity index (χ2n) is 4.27. The topological polar surface area (TPSA) is 108 Å². The van der Waals surface area contributed by atoms with Crippen molar-refractivity contribution in [3.63, 3.8) is 0 Å². The average Bonchev–Trinajstić information content (AvgIpc) is 2.77. The number of nitrogens with zero attached hydrogens (tertiary/aromatic N) is 1. The number of thioether (sulfide) groups is 1. The Bertz CT molecular complexity index is 518. The SMILES string of the molecule is CC(=O)NC(CCSCC(=O)Nc1nc(C)cs1)C(=O)O. The van der Waals surface area contributed by atoms with E-state index in [9.17, 15) is 14.4 Å². The quantitative estimate of drug-likeness (QED) is 0.616. The number of thiazole rings is 1. The summed E-state index contributed by atoms with van der Waals surface area (Å²) in [4.78, 5) is 37.5. The molecule has 1 aromatic rings. The molecule has 2 amide bonds. The third-order valence-electron chi connectivity index (χ3n) is 2.32. The minimum atomic E-state index is -1.08. The molecule has 0 bridgehead atoms. The molecule has 0 aliphatic rings. The zero-order chi connectivity index (χ0) is 15.8. The molecule has 1 heterocycles. The van der Waals surface area contributed by atoms with Gasteiger partial charge in [0.25, 0.3) is 0 Å². The van der Waals surface area contributed by atoms with E-state index >= 15 is 0 Å². The van der Waals surface area contributed by atoms with E-state index in [0.29, 0.717) is 10.9 Å². The van der Waals surface area contributed by atoms with E-state index in [2.05, 4.69) is 15.6 Å². The number of aromatic nitrogens is 1. The molecule has 21 heavy (non-hydrogen) atoms. The van der Waals surface area contributed by atoms with Crippen molar-refractivity contribution in [1.29, 1.82) is 0 Å². The summed E-state index contributed by atoms with van der Waals surface area (Å²) in [6.45, 7) is 3.11. The van der Waals surface area contributed by atoms with E-state index < -0.39 is 12.0 Å². The Balaban J connectivity index is 2.24. The third-order valence-corrected chi connectivity index (χ3v) is 4.19. The highest BCUT2D eigenvalue weighted by Crippen LogP contribution is 2.15. The van der Waals surface area contributed by atoms with Crippen molar-refractivity contribution < 1.29 is 19.5 Å². The van der Waals surface area contributed by atoms with Gasteiger partial charge >= 0.3 is 5.97 Å². The van der Waals surface area contributed by atoms with Crippen LogP contribution in [-0.4, -0.2) is 45.4 Å². The summed E-state index contributed by atoms with van der Waals surface area (Å²) in [5, 5.41) is 16.3. The van der Waals surface area contributed by atoms with Gasteiger partial charge in [0.2, 0.25) is 11.8 Å². The van der Waals surface area contributed by atoms with Crippen LogP contribution in [0.5, 0.6) is 0 Å². The van der Waals surface area contributed by atoms with Crippen molar-refractivity contribution in [1.82, 2.24) is 10.3 Å². The van der Waals surface area contributed by atoms with Crippen molar-refractivity contribution in [2.75, 3.05) is 16.8 Å². The lowest BCUT2D eigenvalue weighted by Gasteiger charge is -2.12. The first kappa shape index (κ1) is 17.4. The Morgan fingerprint density at radius 3 is 2.71 bits per heavy atom. The molecule has 0 fully saturated rings. The molecule has 3 N–H and O–H groups in total. The molecule has 0 spiro atoms. The first-order valence-electron chi connectivity index (χ1n) is 6.18. The van der Waals surface area contributed by atoms with Crippen LogP contribution in [0.2, 0.25) is 0 Å². The highest BCUT2D eigenvalue weighted by Gasteiger charge is 2.17. The molecule has 1 unspecified atom stereocenters. The number of carboxylic acid groups (broad SMARTS) is 1. The number of hydrogen-bond donors (Lipinski definition) is 3. The molecule has 7 nitrogen and oxygen atoms in total. The van der Waals surface area contributed by atoms with Gasteiger partial charge in [0.15, 0.2) is 5.13 Å². The van der Waals surface area contributed by atoms with Crippen LogP contribution in [0.25, 0.3) is 0 Å². The smallest absolute Gasteiger partial charge is 0.326 e. The van der Waals surface area contributed by atoms with Gasteiger partial charge in [-0.25, -0.2) is 9.78 Å². The second kappa shape index (κ2) is 8.63. The van der Waals surface area contributed by atoms with Gasteiger partial charge in [0.1, 0.15) is 6.04 Å². The highest BCUT2D eigenvalue weighted by molar-refractivity contribution is 7.99. The van der Waals surface area contributed by atoms with Gasteiger partial charge in [-0.2, -0.15) is 11.8 Å². The number of carbonyl (C=O) groups is 3. The molecule has 0 radical (unpaired) electrons. The van der Waals surface area contributed by atoms with E-state index in [-0.39, 0.29) is 24.0 Å². The summed E-state index contributed by atoms with van der Waals surface area (Å²) >= 11 is 2.67. The predicted molar refractivity (Wildman–Crippen MR) is 82.7 cm³/mol. The zero-order valence-corrected chi connectivity index (χ0v) is 13.3. The van der Waals surface area contributed by atoms with Crippen molar-refractivity contribution in [2.24, 2.45) is 0 Å². The van der Waals surface area contributed by atoms with Crippen molar-refractivity contribution in [3.8, 4) is 0 Å². The first-order valence-corrected chi connectivity index (χ1v) is 8.21. The van der Waals surface area contributed by atoms with Crippen molar-refractivity contribution in [3.05, 3.63) is 11.1 Å². The van der Waals surface area contributed by atoms with Crippen LogP contribution in [-0.2, 0) is 14.4 Å². The first-order chi connectivity index (χ1) is 9.88. The van der Waals surface area contributed by atoms with E-state index in [1.807, 2.05) is 12.3 Å². The van der Waals surface area contributed by atoms with Gasteiger partial charge in [-0.3, -0.25) is 9.59 Å². The molecule has 0 saturated heterocycles.